The average molecular weight is 376 g/mol. The minimum Gasteiger partial charge on any atom is -0.497 e. The summed E-state index contributed by atoms with van der Waals surface area (Å²) in [7, 11) is 3.21. The van der Waals surface area contributed by atoms with Crippen molar-refractivity contribution in [1.82, 2.24) is 0 Å². The molecule has 0 aliphatic rings. The van der Waals surface area contributed by atoms with Crippen LogP contribution in [0.2, 0.25) is 0 Å². The molecule has 0 aromatic heterocycles. The Morgan fingerprint density at radius 2 is 1.61 bits per heavy atom. The predicted molar refractivity (Wildman–Crippen MR) is 112 cm³/mol. The molecule has 2 N–H and O–H groups in total. The van der Waals surface area contributed by atoms with Crippen LogP contribution in [-0.2, 0) is 4.79 Å². The van der Waals surface area contributed by atoms with Crippen LogP contribution in [0.1, 0.15) is 17.2 Å². The maximum atomic E-state index is 13.2. The molecule has 28 heavy (non-hydrogen) atoms. The number of anilines is 2. The predicted octanol–water partition coefficient (Wildman–Crippen LogP) is 4.80. The minimum atomic E-state index is -0.570. The van der Waals surface area contributed by atoms with Crippen molar-refractivity contribution in [2.24, 2.45) is 0 Å². The van der Waals surface area contributed by atoms with Crippen LogP contribution in [0, 0.1) is 6.92 Å². The van der Waals surface area contributed by atoms with Crippen molar-refractivity contribution in [3.05, 3.63) is 83.9 Å². The second kappa shape index (κ2) is 8.95. The first-order chi connectivity index (χ1) is 13.6. The van der Waals surface area contributed by atoms with Gasteiger partial charge in [-0.25, -0.2) is 0 Å². The van der Waals surface area contributed by atoms with Crippen LogP contribution in [0.5, 0.6) is 11.5 Å². The summed E-state index contributed by atoms with van der Waals surface area (Å²) in [4.78, 5) is 13.2. The van der Waals surface area contributed by atoms with Crippen LogP contribution >= 0.6 is 0 Å². The molecule has 1 atom stereocenters. The molecule has 5 nitrogen and oxygen atoms in total. The number of carbonyl (C=O) groups excluding carboxylic acids is 1. The normalized spacial score (nSPS) is 11.4. The number of benzene rings is 3. The Morgan fingerprint density at radius 1 is 0.893 bits per heavy atom. The van der Waals surface area contributed by atoms with E-state index in [1.54, 1.807) is 14.2 Å². The molecule has 0 saturated carbocycles. The Bertz CT molecular complexity index is 924. The van der Waals surface area contributed by atoms with Crippen LogP contribution in [0.25, 0.3) is 0 Å². The summed E-state index contributed by atoms with van der Waals surface area (Å²) in [6.45, 7) is 1.97. The Labute approximate surface area is 165 Å². The molecule has 0 aliphatic heterocycles. The van der Waals surface area contributed by atoms with Crippen molar-refractivity contribution in [2.75, 3.05) is 24.9 Å². The highest BCUT2D eigenvalue weighted by Crippen LogP contribution is 2.28. The van der Waals surface area contributed by atoms with E-state index in [9.17, 15) is 4.79 Å². The number of nitrogens with one attached hydrogen (secondary N) is 2. The first kappa shape index (κ1) is 19.3. The number of methoxy groups -OCH3 is 2. The SMILES string of the molecule is COc1ccc(N[C@@H](C(=O)Nc2cc(C)ccc2OC)c2ccccc2)cc1. The van der Waals surface area contributed by atoms with Gasteiger partial charge in [-0.3, -0.25) is 4.79 Å². The number of hydrogen-bond acceptors (Lipinski definition) is 4. The zero-order valence-electron chi connectivity index (χ0n) is 16.2. The third-order valence-corrected chi connectivity index (χ3v) is 4.41. The lowest BCUT2D eigenvalue weighted by atomic mass is 10.1. The van der Waals surface area contributed by atoms with E-state index in [2.05, 4.69) is 10.6 Å². The lowest BCUT2D eigenvalue weighted by Crippen LogP contribution is -2.27. The van der Waals surface area contributed by atoms with Gasteiger partial charge in [-0.15, -0.1) is 0 Å². The molecule has 144 valence electrons. The molecule has 0 heterocycles. The van der Waals surface area contributed by atoms with Crippen molar-refractivity contribution in [3.8, 4) is 11.5 Å². The molecule has 3 aromatic carbocycles. The molecular formula is C23H24N2O3. The number of hydrogen-bond donors (Lipinski definition) is 2. The molecule has 0 aliphatic carbocycles. The molecule has 0 fully saturated rings. The summed E-state index contributed by atoms with van der Waals surface area (Å²) in [6.07, 6.45) is 0. The maximum absolute atomic E-state index is 13.2. The molecule has 0 radical (unpaired) electrons. The third-order valence-electron chi connectivity index (χ3n) is 4.41. The topological polar surface area (TPSA) is 59.6 Å². The molecule has 0 spiro atoms. The van der Waals surface area contributed by atoms with Gasteiger partial charge in [0.05, 0.1) is 19.9 Å². The van der Waals surface area contributed by atoms with E-state index < -0.39 is 6.04 Å². The quantitative estimate of drug-likeness (QED) is 0.622. The van der Waals surface area contributed by atoms with E-state index in [1.807, 2.05) is 79.7 Å². The smallest absolute Gasteiger partial charge is 0.251 e. The fourth-order valence-corrected chi connectivity index (χ4v) is 2.92. The van der Waals surface area contributed by atoms with Crippen molar-refractivity contribution < 1.29 is 14.3 Å². The van der Waals surface area contributed by atoms with Crippen molar-refractivity contribution in [2.45, 2.75) is 13.0 Å². The van der Waals surface area contributed by atoms with Crippen LogP contribution in [0.3, 0.4) is 0 Å². The van der Waals surface area contributed by atoms with Crippen molar-refractivity contribution >= 4 is 17.3 Å². The summed E-state index contributed by atoms with van der Waals surface area (Å²) in [5, 5.41) is 6.30. The molecule has 0 unspecified atom stereocenters. The summed E-state index contributed by atoms with van der Waals surface area (Å²) < 4.78 is 10.6. The number of ether oxygens (including phenoxy) is 2. The van der Waals surface area contributed by atoms with E-state index in [-0.39, 0.29) is 5.91 Å². The van der Waals surface area contributed by atoms with Gasteiger partial charge in [0.1, 0.15) is 17.5 Å². The van der Waals surface area contributed by atoms with Gasteiger partial charge in [-0.05, 0) is 54.4 Å². The van der Waals surface area contributed by atoms with Gasteiger partial charge in [-0.1, -0.05) is 36.4 Å². The first-order valence-electron chi connectivity index (χ1n) is 9.01. The van der Waals surface area contributed by atoms with Gasteiger partial charge in [0.15, 0.2) is 0 Å². The van der Waals surface area contributed by atoms with E-state index in [0.717, 1.165) is 22.6 Å². The van der Waals surface area contributed by atoms with Gasteiger partial charge in [0, 0.05) is 5.69 Å². The summed E-state index contributed by atoms with van der Waals surface area (Å²) in [5.74, 6) is 1.21. The molecule has 1 amide bonds. The largest absolute Gasteiger partial charge is 0.497 e. The van der Waals surface area contributed by atoms with Gasteiger partial charge in [-0.2, -0.15) is 0 Å². The zero-order valence-corrected chi connectivity index (χ0v) is 16.2. The van der Waals surface area contributed by atoms with Gasteiger partial charge < -0.3 is 20.1 Å². The highest BCUT2D eigenvalue weighted by Gasteiger charge is 2.22. The zero-order chi connectivity index (χ0) is 19.9. The van der Waals surface area contributed by atoms with Crippen molar-refractivity contribution in [3.63, 3.8) is 0 Å². The Morgan fingerprint density at radius 3 is 2.25 bits per heavy atom. The Kier molecular flexibility index (Phi) is 6.17. The van der Waals surface area contributed by atoms with Gasteiger partial charge in [0.25, 0.3) is 5.91 Å². The summed E-state index contributed by atoms with van der Waals surface area (Å²) >= 11 is 0. The lowest BCUT2D eigenvalue weighted by molar-refractivity contribution is -0.117. The lowest BCUT2D eigenvalue weighted by Gasteiger charge is -2.21. The summed E-state index contributed by atoms with van der Waals surface area (Å²) in [6, 6.07) is 22.2. The van der Waals surface area contributed by atoms with Crippen LogP contribution in [0.15, 0.2) is 72.8 Å². The monoisotopic (exact) mass is 376 g/mol. The van der Waals surface area contributed by atoms with Crippen molar-refractivity contribution in [1.29, 1.82) is 0 Å². The highest BCUT2D eigenvalue weighted by molar-refractivity contribution is 5.98. The second-order valence-corrected chi connectivity index (χ2v) is 6.41. The molecule has 0 saturated heterocycles. The molecule has 0 bridgehead atoms. The van der Waals surface area contributed by atoms with Gasteiger partial charge >= 0.3 is 0 Å². The van der Waals surface area contributed by atoms with E-state index in [4.69, 9.17) is 9.47 Å². The number of aryl methyl sites for hydroxylation is 1. The standard InChI is InChI=1S/C23H24N2O3/c1-16-9-14-21(28-3)20(15-16)25-23(26)22(17-7-5-4-6-8-17)24-18-10-12-19(27-2)13-11-18/h4-15,22,24H,1-3H3,(H,25,26)/t22-/m1/s1. The fraction of sp³-hybridized carbons (Fsp3) is 0.174. The number of rotatable bonds is 7. The van der Waals surface area contributed by atoms with Crippen LogP contribution < -0.4 is 20.1 Å². The number of carbonyl (C=O) groups is 1. The van der Waals surface area contributed by atoms with E-state index in [0.29, 0.717) is 11.4 Å². The van der Waals surface area contributed by atoms with Gasteiger partial charge in [0.2, 0.25) is 0 Å². The Balaban J connectivity index is 1.88. The fourth-order valence-electron chi connectivity index (χ4n) is 2.92. The molecule has 5 heteroatoms. The maximum Gasteiger partial charge on any atom is 0.251 e. The highest BCUT2D eigenvalue weighted by atomic mass is 16.5. The summed E-state index contributed by atoms with van der Waals surface area (Å²) in [5.41, 5.74) is 3.36. The molecule has 3 rings (SSSR count). The molecular weight excluding hydrogens is 352 g/mol. The van der Waals surface area contributed by atoms with Crippen LogP contribution in [0.4, 0.5) is 11.4 Å². The van der Waals surface area contributed by atoms with E-state index >= 15 is 0 Å². The van der Waals surface area contributed by atoms with E-state index in [1.165, 1.54) is 0 Å². The third kappa shape index (κ3) is 4.62. The number of amides is 1. The Hall–Kier alpha value is -3.47. The first-order valence-corrected chi connectivity index (χ1v) is 9.01. The molecule has 3 aromatic rings. The minimum absolute atomic E-state index is 0.175. The average Bonchev–Trinajstić information content (AvgIpc) is 2.73. The second-order valence-electron chi connectivity index (χ2n) is 6.41. The van der Waals surface area contributed by atoms with Crippen LogP contribution in [-0.4, -0.2) is 20.1 Å².